The van der Waals surface area contributed by atoms with Crippen molar-refractivity contribution in [2.75, 3.05) is 33.9 Å². The van der Waals surface area contributed by atoms with Crippen molar-refractivity contribution in [3.8, 4) is 5.75 Å². The zero-order chi connectivity index (χ0) is 26.4. The lowest BCUT2D eigenvalue weighted by molar-refractivity contribution is -0.132. The fourth-order valence-electron chi connectivity index (χ4n) is 5.31. The number of imidazole rings is 1. The van der Waals surface area contributed by atoms with E-state index in [0.717, 1.165) is 48.2 Å². The minimum atomic E-state index is -0.559. The zero-order valence-electron chi connectivity index (χ0n) is 21.7. The van der Waals surface area contributed by atoms with E-state index in [-0.39, 0.29) is 18.2 Å². The molecule has 3 aromatic rings. The van der Waals surface area contributed by atoms with E-state index >= 15 is 0 Å². The third-order valence-corrected chi connectivity index (χ3v) is 7.04. The van der Waals surface area contributed by atoms with E-state index in [1.807, 2.05) is 29.2 Å². The molecule has 1 aliphatic rings. The van der Waals surface area contributed by atoms with E-state index in [2.05, 4.69) is 10.6 Å². The molecule has 2 atom stereocenters. The van der Waals surface area contributed by atoms with Gasteiger partial charge in [-0.25, -0.2) is 4.98 Å². The summed E-state index contributed by atoms with van der Waals surface area (Å²) in [5, 5.41) is 0. The Balaban J connectivity index is 1.45. The third kappa shape index (κ3) is 6.11. The lowest BCUT2D eigenvalue weighted by Crippen LogP contribution is -2.42. The molecule has 2 aromatic carbocycles. The Morgan fingerprint density at radius 2 is 1.97 bits per heavy atom. The first kappa shape index (κ1) is 26.6. The molecular formula is C28H37N5O4. The molecule has 37 heavy (non-hydrogen) atoms. The van der Waals surface area contributed by atoms with Gasteiger partial charge in [0, 0.05) is 51.7 Å². The van der Waals surface area contributed by atoms with Gasteiger partial charge in [0.2, 0.25) is 5.91 Å². The van der Waals surface area contributed by atoms with Crippen LogP contribution in [0, 0.1) is 0 Å². The second-order valence-electron chi connectivity index (χ2n) is 9.67. The topological polar surface area (TPSA) is 126 Å². The van der Waals surface area contributed by atoms with Crippen LogP contribution in [0.1, 0.15) is 53.3 Å². The summed E-state index contributed by atoms with van der Waals surface area (Å²) in [5.74, 6) is 1.09. The number of rotatable bonds is 11. The third-order valence-electron chi connectivity index (χ3n) is 7.04. The van der Waals surface area contributed by atoms with Gasteiger partial charge in [-0.3, -0.25) is 9.59 Å². The second-order valence-corrected chi connectivity index (χ2v) is 9.67. The van der Waals surface area contributed by atoms with Crippen LogP contribution in [-0.2, 0) is 22.5 Å². The monoisotopic (exact) mass is 507 g/mol. The van der Waals surface area contributed by atoms with Crippen molar-refractivity contribution in [3.63, 3.8) is 0 Å². The van der Waals surface area contributed by atoms with Crippen molar-refractivity contribution >= 4 is 22.8 Å². The standard InChI is InChI=1S/C28H37N5O4/c1-36-15-7-14-33-24-12-4-3-11-23(24)31-28(33)20-9-6-13-32(18-20)25(34)17-21(29)16-19-8-5-10-22(27(30)35)26(19)37-2/h3-5,8,10-12,20-21H,6-7,9,13-18,29H2,1-2H3,(H2,30,35)/t20-,21+/m1/s1. The van der Waals surface area contributed by atoms with Gasteiger partial charge in [-0.1, -0.05) is 24.3 Å². The summed E-state index contributed by atoms with van der Waals surface area (Å²) in [4.78, 5) is 31.9. The molecule has 2 heterocycles. The van der Waals surface area contributed by atoms with Crippen molar-refractivity contribution in [2.24, 2.45) is 11.5 Å². The van der Waals surface area contributed by atoms with Crippen molar-refractivity contribution < 1.29 is 19.1 Å². The first-order chi connectivity index (χ1) is 17.9. The Hall–Kier alpha value is -3.43. The molecule has 0 aliphatic carbocycles. The van der Waals surface area contributed by atoms with Gasteiger partial charge in [0.15, 0.2) is 0 Å². The lowest BCUT2D eigenvalue weighted by atomic mass is 9.95. The number of hydrogen-bond acceptors (Lipinski definition) is 6. The second kappa shape index (κ2) is 12.2. The van der Waals surface area contributed by atoms with Gasteiger partial charge in [-0.2, -0.15) is 0 Å². The number of ether oxygens (including phenoxy) is 2. The van der Waals surface area contributed by atoms with Gasteiger partial charge >= 0.3 is 0 Å². The van der Waals surface area contributed by atoms with Gasteiger partial charge in [-0.15, -0.1) is 0 Å². The van der Waals surface area contributed by atoms with Crippen LogP contribution in [-0.4, -0.2) is 66.2 Å². The number of methoxy groups -OCH3 is 2. The zero-order valence-corrected chi connectivity index (χ0v) is 21.7. The number of amides is 2. The van der Waals surface area contributed by atoms with E-state index < -0.39 is 11.9 Å². The predicted molar refractivity (Wildman–Crippen MR) is 143 cm³/mol. The Bertz CT molecular complexity index is 1240. The van der Waals surface area contributed by atoms with Crippen LogP contribution >= 0.6 is 0 Å². The number of piperidine rings is 1. The van der Waals surface area contributed by atoms with Crippen molar-refractivity contribution in [1.82, 2.24) is 14.5 Å². The van der Waals surface area contributed by atoms with E-state index in [4.69, 9.17) is 25.9 Å². The molecule has 0 saturated carbocycles. The normalized spacial score (nSPS) is 16.6. The molecule has 1 aliphatic heterocycles. The Morgan fingerprint density at radius 3 is 2.73 bits per heavy atom. The Labute approximate surface area is 217 Å². The van der Waals surface area contributed by atoms with E-state index in [9.17, 15) is 9.59 Å². The minimum absolute atomic E-state index is 0.0317. The summed E-state index contributed by atoms with van der Waals surface area (Å²) in [5.41, 5.74) is 15.0. The number of para-hydroxylation sites is 3. The molecule has 0 radical (unpaired) electrons. The van der Waals surface area contributed by atoms with Crippen LogP contribution in [0.25, 0.3) is 11.0 Å². The molecule has 198 valence electrons. The van der Waals surface area contributed by atoms with Crippen molar-refractivity contribution in [1.29, 1.82) is 0 Å². The maximum Gasteiger partial charge on any atom is 0.252 e. The van der Waals surface area contributed by atoms with Crippen LogP contribution < -0.4 is 16.2 Å². The number of nitrogens with zero attached hydrogens (tertiary/aromatic N) is 3. The molecule has 9 nitrogen and oxygen atoms in total. The van der Waals surface area contributed by atoms with Crippen molar-refractivity contribution in [2.45, 2.75) is 50.6 Å². The van der Waals surface area contributed by atoms with Crippen LogP contribution in [0.5, 0.6) is 5.75 Å². The highest BCUT2D eigenvalue weighted by Gasteiger charge is 2.29. The van der Waals surface area contributed by atoms with Crippen LogP contribution in [0.4, 0.5) is 0 Å². The number of likely N-dealkylation sites (tertiary alicyclic amines) is 1. The number of primary amides is 1. The molecule has 1 saturated heterocycles. The number of carbonyl (C=O) groups excluding carboxylic acids is 2. The highest BCUT2D eigenvalue weighted by molar-refractivity contribution is 5.96. The largest absolute Gasteiger partial charge is 0.496 e. The summed E-state index contributed by atoms with van der Waals surface area (Å²) >= 11 is 0. The highest BCUT2D eigenvalue weighted by atomic mass is 16.5. The number of aryl methyl sites for hydroxylation is 1. The number of fused-ring (bicyclic) bond motifs is 1. The van der Waals surface area contributed by atoms with Crippen molar-refractivity contribution in [3.05, 3.63) is 59.4 Å². The number of aromatic nitrogens is 2. The first-order valence-corrected chi connectivity index (χ1v) is 12.9. The average molecular weight is 508 g/mol. The fourth-order valence-corrected chi connectivity index (χ4v) is 5.31. The molecule has 2 amide bonds. The predicted octanol–water partition coefficient (Wildman–Crippen LogP) is 2.85. The SMILES string of the molecule is COCCCn1c([C@@H]2CCCN(C(=O)C[C@@H](N)Cc3cccc(C(N)=O)c3OC)C2)nc2ccccc21. The molecule has 0 unspecified atom stereocenters. The van der Waals surface area contributed by atoms with Gasteiger partial charge in [-0.05, 0) is 49.4 Å². The lowest BCUT2D eigenvalue weighted by Gasteiger charge is -2.33. The molecule has 1 fully saturated rings. The maximum absolute atomic E-state index is 13.3. The van der Waals surface area contributed by atoms with E-state index in [1.165, 1.54) is 7.11 Å². The quantitative estimate of drug-likeness (QED) is 0.385. The Morgan fingerprint density at radius 1 is 1.16 bits per heavy atom. The van der Waals surface area contributed by atoms with Gasteiger partial charge < -0.3 is 30.4 Å². The number of carbonyl (C=O) groups is 2. The fraction of sp³-hybridized carbons (Fsp3) is 0.464. The number of nitrogens with two attached hydrogens (primary N) is 2. The average Bonchev–Trinajstić information content (AvgIpc) is 3.27. The first-order valence-electron chi connectivity index (χ1n) is 12.9. The molecule has 0 spiro atoms. The molecule has 4 N–H and O–H groups in total. The number of benzene rings is 2. The van der Waals surface area contributed by atoms with E-state index in [1.54, 1.807) is 19.2 Å². The molecule has 0 bridgehead atoms. The minimum Gasteiger partial charge on any atom is -0.496 e. The number of hydrogen-bond donors (Lipinski definition) is 2. The van der Waals surface area contributed by atoms with Gasteiger partial charge in [0.1, 0.15) is 11.6 Å². The van der Waals surface area contributed by atoms with Crippen LogP contribution in [0.3, 0.4) is 0 Å². The summed E-state index contributed by atoms with van der Waals surface area (Å²) in [6, 6.07) is 13.0. The van der Waals surface area contributed by atoms with E-state index in [0.29, 0.717) is 37.4 Å². The van der Waals surface area contributed by atoms with Crippen LogP contribution in [0.15, 0.2) is 42.5 Å². The maximum atomic E-state index is 13.3. The smallest absolute Gasteiger partial charge is 0.252 e. The molecule has 1 aromatic heterocycles. The molecule has 9 heteroatoms. The summed E-state index contributed by atoms with van der Waals surface area (Å²) in [6.07, 6.45) is 3.42. The summed E-state index contributed by atoms with van der Waals surface area (Å²) in [6.45, 7) is 2.85. The van der Waals surface area contributed by atoms with Gasteiger partial charge in [0.05, 0.1) is 23.7 Å². The summed E-state index contributed by atoms with van der Waals surface area (Å²) in [7, 11) is 3.21. The molecular weight excluding hydrogens is 470 g/mol. The molecule has 4 rings (SSSR count). The van der Waals surface area contributed by atoms with Crippen LogP contribution in [0.2, 0.25) is 0 Å². The van der Waals surface area contributed by atoms with Gasteiger partial charge in [0.25, 0.3) is 5.91 Å². The summed E-state index contributed by atoms with van der Waals surface area (Å²) < 4.78 is 13.0. The Kier molecular flexibility index (Phi) is 8.78. The highest BCUT2D eigenvalue weighted by Crippen LogP contribution is 2.30.